The molecule has 0 aromatic heterocycles. The van der Waals surface area contributed by atoms with Gasteiger partial charge in [-0.25, -0.2) is 0 Å². The van der Waals surface area contributed by atoms with Crippen molar-refractivity contribution < 1.29 is 0 Å². The minimum Gasteiger partial charge on any atom is -0.366 e. The van der Waals surface area contributed by atoms with Crippen molar-refractivity contribution in [1.82, 2.24) is 5.32 Å². The number of thiocarbonyl (C=S) groups is 1. The second-order valence-corrected chi connectivity index (χ2v) is 3.12. The highest BCUT2D eigenvalue weighted by Crippen LogP contribution is 2.14. The van der Waals surface area contributed by atoms with Crippen LogP contribution in [0, 0.1) is 0 Å². The molecule has 13 heavy (non-hydrogen) atoms. The van der Waals surface area contributed by atoms with Gasteiger partial charge in [0.15, 0.2) is 5.11 Å². The Bertz CT molecular complexity index is 297. The highest BCUT2D eigenvalue weighted by molar-refractivity contribution is 7.80. The minimum atomic E-state index is 0.654. The Kier molecular flexibility index (Phi) is 3.71. The normalized spacial score (nSPS) is 9.38. The molecule has 0 fully saturated rings. The van der Waals surface area contributed by atoms with E-state index in [4.69, 9.17) is 12.2 Å². The Morgan fingerprint density at radius 2 is 2.08 bits per heavy atom. The van der Waals surface area contributed by atoms with Gasteiger partial charge in [0.05, 0.1) is 0 Å². The predicted octanol–water partition coefficient (Wildman–Crippen LogP) is 2.17. The summed E-state index contributed by atoms with van der Waals surface area (Å²) in [5.74, 6) is 0. The van der Waals surface area contributed by atoms with Gasteiger partial charge in [0, 0.05) is 12.7 Å². The molecule has 0 saturated carbocycles. The molecule has 0 heterocycles. The van der Waals surface area contributed by atoms with E-state index in [0.29, 0.717) is 5.11 Å². The van der Waals surface area contributed by atoms with Crippen molar-refractivity contribution in [2.24, 2.45) is 0 Å². The van der Waals surface area contributed by atoms with E-state index in [1.54, 1.807) is 0 Å². The van der Waals surface area contributed by atoms with Crippen molar-refractivity contribution in [2.75, 3.05) is 12.4 Å². The molecular weight excluding hydrogens is 180 g/mol. The molecule has 0 aliphatic carbocycles. The van der Waals surface area contributed by atoms with Crippen LogP contribution in [0.15, 0.2) is 24.3 Å². The van der Waals surface area contributed by atoms with E-state index in [-0.39, 0.29) is 0 Å². The SMILES string of the molecule is CCc1ccccc1NC(=S)NC. The molecule has 0 aliphatic heterocycles. The third-order valence-corrected chi connectivity index (χ3v) is 2.18. The molecule has 0 bridgehead atoms. The summed E-state index contributed by atoms with van der Waals surface area (Å²) in [5.41, 5.74) is 2.37. The largest absolute Gasteiger partial charge is 0.366 e. The molecule has 1 rings (SSSR count). The molecule has 2 nitrogen and oxygen atoms in total. The molecule has 0 radical (unpaired) electrons. The van der Waals surface area contributed by atoms with Crippen LogP contribution >= 0.6 is 12.2 Å². The van der Waals surface area contributed by atoms with Crippen LogP contribution in [0.4, 0.5) is 5.69 Å². The smallest absolute Gasteiger partial charge is 0.170 e. The first-order valence-corrected chi connectivity index (χ1v) is 4.75. The number of hydrogen-bond acceptors (Lipinski definition) is 1. The highest BCUT2D eigenvalue weighted by Gasteiger charge is 1.99. The Balaban J connectivity index is 2.81. The molecule has 0 aliphatic rings. The second-order valence-electron chi connectivity index (χ2n) is 2.71. The molecule has 3 heteroatoms. The van der Waals surface area contributed by atoms with Crippen molar-refractivity contribution >= 4 is 23.0 Å². The van der Waals surface area contributed by atoms with Crippen LogP contribution in [-0.2, 0) is 6.42 Å². The average molecular weight is 194 g/mol. The fourth-order valence-corrected chi connectivity index (χ4v) is 1.25. The topological polar surface area (TPSA) is 24.1 Å². The van der Waals surface area contributed by atoms with E-state index in [1.807, 2.05) is 25.2 Å². The third-order valence-electron chi connectivity index (χ3n) is 1.87. The van der Waals surface area contributed by atoms with Crippen molar-refractivity contribution in [2.45, 2.75) is 13.3 Å². The summed E-state index contributed by atoms with van der Waals surface area (Å²) in [6, 6.07) is 8.16. The quantitative estimate of drug-likeness (QED) is 0.706. The molecule has 2 N–H and O–H groups in total. The zero-order valence-corrected chi connectivity index (χ0v) is 8.74. The first-order chi connectivity index (χ1) is 6.27. The number of anilines is 1. The van der Waals surface area contributed by atoms with E-state index < -0.39 is 0 Å². The van der Waals surface area contributed by atoms with Crippen LogP contribution in [0.3, 0.4) is 0 Å². The Labute approximate surface area is 84.3 Å². The highest BCUT2D eigenvalue weighted by atomic mass is 32.1. The average Bonchev–Trinajstić information content (AvgIpc) is 2.18. The summed E-state index contributed by atoms with van der Waals surface area (Å²) in [5, 5.41) is 6.67. The van der Waals surface area contributed by atoms with Gasteiger partial charge in [0.1, 0.15) is 0 Å². The lowest BCUT2D eigenvalue weighted by Crippen LogP contribution is -2.24. The summed E-state index contributed by atoms with van der Waals surface area (Å²) >= 11 is 5.02. The van der Waals surface area contributed by atoms with E-state index in [2.05, 4.69) is 23.6 Å². The first-order valence-electron chi connectivity index (χ1n) is 4.34. The lowest BCUT2D eigenvalue weighted by atomic mass is 10.1. The molecule has 0 spiro atoms. The van der Waals surface area contributed by atoms with E-state index >= 15 is 0 Å². The standard InChI is InChI=1S/C10H14N2S/c1-3-8-6-4-5-7-9(8)12-10(13)11-2/h4-7H,3H2,1-2H3,(H2,11,12,13). The summed E-state index contributed by atoms with van der Waals surface area (Å²) in [6.07, 6.45) is 1.01. The maximum Gasteiger partial charge on any atom is 0.170 e. The number of rotatable bonds is 2. The fraction of sp³-hybridized carbons (Fsp3) is 0.300. The maximum atomic E-state index is 5.02. The molecule has 0 unspecified atom stereocenters. The third kappa shape index (κ3) is 2.70. The fourth-order valence-electron chi connectivity index (χ4n) is 1.14. The van der Waals surface area contributed by atoms with Gasteiger partial charge < -0.3 is 10.6 Å². The van der Waals surface area contributed by atoms with Gasteiger partial charge >= 0.3 is 0 Å². The van der Waals surface area contributed by atoms with E-state index in [0.717, 1.165) is 12.1 Å². The summed E-state index contributed by atoms with van der Waals surface area (Å²) in [7, 11) is 1.81. The molecule has 1 aromatic carbocycles. The van der Waals surface area contributed by atoms with Crippen LogP contribution in [0.5, 0.6) is 0 Å². The lowest BCUT2D eigenvalue weighted by molar-refractivity contribution is 1.13. The number of nitrogens with one attached hydrogen (secondary N) is 2. The molecule has 0 amide bonds. The van der Waals surface area contributed by atoms with Gasteiger partial charge in [0.2, 0.25) is 0 Å². The molecule has 1 aromatic rings. The number of para-hydroxylation sites is 1. The summed E-state index contributed by atoms with van der Waals surface area (Å²) in [4.78, 5) is 0. The molecular formula is C10H14N2S. The second kappa shape index (κ2) is 4.82. The predicted molar refractivity (Wildman–Crippen MR) is 61.1 cm³/mol. The van der Waals surface area contributed by atoms with Crippen LogP contribution in [0.25, 0.3) is 0 Å². The van der Waals surface area contributed by atoms with Gasteiger partial charge in [-0.05, 0) is 30.3 Å². The van der Waals surface area contributed by atoms with Crippen molar-refractivity contribution in [3.05, 3.63) is 29.8 Å². The van der Waals surface area contributed by atoms with Crippen LogP contribution in [0.2, 0.25) is 0 Å². The van der Waals surface area contributed by atoms with Crippen LogP contribution in [-0.4, -0.2) is 12.2 Å². The van der Waals surface area contributed by atoms with Crippen molar-refractivity contribution in [1.29, 1.82) is 0 Å². The van der Waals surface area contributed by atoms with Gasteiger partial charge in [-0.2, -0.15) is 0 Å². The van der Waals surface area contributed by atoms with Crippen molar-refractivity contribution in [3.63, 3.8) is 0 Å². The van der Waals surface area contributed by atoms with Gasteiger partial charge in [0.25, 0.3) is 0 Å². The van der Waals surface area contributed by atoms with Gasteiger partial charge in [-0.1, -0.05) is 25.1 Å². The van der Waals surface area contributed by atoms with Crippen LogP contribution < -0.4 is 10.6 Å². The lowest BCUT2D eigenvalue weighted by Gasteiger charge is -2.10. The zero-order chi connectivity index (χ0) is 9.68. The van der Waals surface area contributed by atoms with Crippen molar-refractivity contribution in [3.8, 4) is 0 Å². The Hall–Kier alpha value is -1.09. The monoisotopic (exact) mass is 194 g/mol. The van der Waals surface area contributed by atoms with E-state index in [1.165, 1.54) is 5.56 Å². The zero-order valence-electron chi connectivity index (χ0n) is 7.92. The molecule has 0 atom stereocenters. The number of hydrogen-bond donors (Lipinski definition) is 2. The molecule has 70 valence electrons. The van der Waals surface area contributed by atoms with Crippen LogP contribution in [0.1, 0.15) is 12.5 Å². The van der Waals surface area contributed by atoms with Gasteiger partial charge in [-0.3, -0.25) is 0 Å². The first kappa shape index (κ1) is 9.99. The number of aryl methyl sites for hydroxylation is 1. The van der Waals surface area contributed by atoms with E-state index in [9.17, 15) is 0 Å². The minimum absolute atomic E-state index is 0.654. The Morgan fingerprint density at radius 3 is 2.69 bits per heavy atom. The van der Waals surface area contributed by atoms with Gasteiger partial charge in [-0.15, -0.1) is 0 Å². The molecule has 0 saturated heterocycles. The summed E-state index contributed by atoms with van der Waals surface area (Å²) < 4.78 is 0. The maximum absolute atomic E-state index is 5.02. The Morgan fingerprint density at radius 1 is 1.38 bits per heavy atom. The summed E-state index contributed by atoms with van der Waals surface area (Å²) in [6.45, 7) is 2.13. The number of benzene rings is 1.